The Morgan fingerprint density at radius 3 is 3.15 bits per heavy atom. The van der Waals surface area contributed by atoms with Gasteiger partial charge in [0, 0.05) is 24.2 Å². The first kappa shape index (κ1) is 12.2. The zero-order valence-electron chi connectivity index (χ0n) is 11.6. The van der Waals surface area contributed by atoms with Crippen molar-refractivity contribution in [3.63, 3.8) is 0 Å². The van der Waals surface area contributed by atoms with Gasteiger partial charge in [-0.3, -0.25) is 9.69 Å². The molecule has 1 unspecified atom stereocenters. The van der Waals surface area contributed by atoms with Crippen molar-refractivity contribution < 1.29 is 13.9 Å². The molecular formula is C16H19NO3. The molecule has 0 spiro atoms. The third-order valence-corrected chi connectivity index (χ3v) is 5.27. The minimum atomic E-state index is -0.0388. The number of carbonyl (C=O) groups is 1. The monoisotopic (exact) mass is 273 g/mol. The Kier molecular flexibility index (Phi) is 2.74. The SMILES string of the molecule is COC(=O)[C@H]1[C@@H]2C[C@@H]3CC[C@H]1N3C/C2=C\c1ccoc1. The molecule has 0 amide bonds. The molecule has 4 fully saturated rings. The fourth-order valence-corrected chi connectivity index (χ4v) is 4.45. The Balaban J connectivity index is 1.70. The normalized spacial score (nSPS) is 40.2. The molecule has 4 heteroatoms. The van der Waals surface area contributed by atoms with Crippen LogP contribution in [0.4, 0.5) is 0 Å². The Hall–Kier alpha value is -1.55. The van der Waals surface area contributed by atoms with Crippen molar-refractivity contribution in [2.24, 2.45) is 11.8 Å². The maximum absolute atomic E-state index is 12.2. The molecule has 20 heavy (non-hydrogen) atoms. The summed E-state index contributed by atoms with van der Waals surface area (Å²) in [4.78, 5) is 14.7. The minimum Gasteiger partial charge on any atom is -0.472 e. The summed E-state index contributed by atoms with van der Waals surface area (Å²) in [6, 6.07) is 3.03. The van der Waals surface area contributed by atoms with Gasteiger partial charge in [0.1, 0.15) is 0 Å². The number of piperidine rings is 3. The Labute approximate surface area is 118 Å². The Bertz CT molecular complexity index is 548. The highest BCUT2D eigenvalue weighted by molar-refractivity contribution is 5.75. The van der Waals surface area contributed by atoms with E-state index in [1.807, 2.05) is 6.07 Å². The van der Waals surface area contributed by atoms with Crippen molar-refractivity contribution >= 4 is 12.0 Å². The summed E-state index contributed by atoms with van der Waals surface area (Å²) in [6.07, 6.45) is 9.10. The van der Waals surface area contributed by atoms with Gasteiger partial charge < -0.3 is 9.15 Å². The van der Waals surface area contributed by atoms with E-state index in [1.165, 1.54) is 19.1 Å². The first-order valence-electron chi connectivity index (χ1n) is 7.34. The molecule has 4 bridgehead atoms. The van der Waals surface area contributed by atoms with Crippen LogP contribution in [-0.4, -0.2) is 36.6 Å². The van der Waals surface area contributed by atoms with E-state index >= 15 is 0 Å². The number of nitrogens with zero attached hydrogens (tertiary/aromatic N) is 1. The summed E-state index contributed by atoms with van der Waals surface area (Å²) in [5, 5.41) is 0. The molecule has 4 saturated heterocycles. The van der Waals surface area contributed by atoms with Crippen molar-refractivity contribution in [2.45, 2.75) is 31.3 Å². The lowest BCUT2D eigenvalue weighted by Gasteiger charge is -2.50. The minimum absolute atomic E-state index is 0.0191. The molecular weight excluding hydrogens is 254 g/mol. The van der Waals surface area contributed by atoms with Crippen molar-refractivity contribution in [1.82, 2.24) is 4.90 Å². The van der Waals surface area contributed by atoms with E-state index in [2.05, 4.69) is 11.0 Å². The maximum atomic E-state index is 12.2. The summed E-state index contributed by atoms with van der Waals surface area (Å²) < 4.78 is 10.2. The van der Waals surface area contributed by atoms with Gasteiger partial charge in [-0.1, -0.05) is 11.6 Å². The molecule has 1 aromatic heterocycles. The van der Waals surface area contributed by atoms with Crippen molar-refractivity contribution in [2.75, 3.05) is 13.7 Å². The van der Waals surface area contributed by atoms with Gasteiger partial charge in [-0.05, 0) is 31.2 Å². The zero-order chi connectivity index (χ0) is 13.7. The lowest BCUT2D eigenvalue weighted by Crippen LogP contribution is -2.58. The highest BCUT2D eigenvalue weighted by Crippen LogP contribution is 2.50. The van der Waals surface area contributed by atoms with Crippen LogP contribution in [0.2, 0.25) is 0 Å². The molecule has 5 atom stereocenters. The van der Waals surface area contributed by atoms with Gasteiger partial charge in [0.05, 0.1) is 25.6 Å². The third-order valence-electron chi connectivity index (χ3n) is 5.27. The van der Waals surface area contributed by atoms with Crippen LogP contribution in [0, 0.1) is 11.8 Å². The van der Waals surface area contributed by atoms with Gasteiger partial charge in [-0.15, -0.1) is 0 Å². The average molecular weight is 273 g/mol. The van der Waals surface area contributed by atoms with E-state index in [-0.39, 0.29) is 11.9 Å². The van der Waals surface area contributed by atoms with Crippen LogP contribution in [0.1, 0.15) is 24.8 Å². The van der Waals surface area contributed by atoms with Gasteiger partial charge in [0.25, 0.3) is 0 Å². The Morgan fingerprint density at radius 2 is 2.40 bits per heavy atom. The second-order valence-electron chi connectivity index (χ2n) is 6.14. The standard InChI is InChI=1S/C16H19NO3/c1-19-16(18)15-13-7-12-2-3-14(15)17(12)8-11(13)6-10-4-5-20-9-10/h4-6,9,12-15H,2-3,7-8H2,1H3/b11-6+/t12-,13+,14+,15-/m0/s1. The van der Waals surface area contributed by atoms with Crippen LogP contribution in [0.15, 0.2) is 28.6 Å². The highest BCUT2D eigenvalue weighted by atomic mass is 16.5. The second kappa shape index (κ2) is 4.48. The molecule has 4 aliphatic heterocycles. The number of esters is 1. The lowest BCUT2D eigenvalue weighted by molar-refractivity contribution is -0.153. The molecule has 0 radical (unpaired) electrons. The predicted molar refractivity (Wildman–Crippen MR) is 73.8 cm³/mol. The maximum Gasteiger partial charge on any atom is 0.310 e. The predicted octanol–water partition coefficient (Wildman–Crippen LogP) is 2.32. The smallest absolute Gasteiger partial charge is 0.310 e. The summed E-state index contributed by atoms with van der Waals surface area (Å²) in [5.74, 6) is 0.327. The molecule has 5 heterocycles. The van der Waals surface area contributed by atoms with Gasteiger partial charge in [0.15, 0.2) is 0 Å². The van der Waals surface area contributed by atoms with Crippen LogP contribution < -0.4 is 0 Å². The summed E-state index contributed by atoms with van der Waals surface area (Å²) in [7, 11) is 1.51. The molecule has 4 nitrogen and oxygen atoms in total. The summed E-state index contributed by atoms with van der Waals surface area (Å²) in [5.41, 5.74) is 2.45. The zero-order valence-corrected chi connectivity index (χ0v) is 11.6. The average Bonchev–Trinajstić information content (AvgIpc) is 3.07. The van der Waals surface area contributed by atoms with Crippen LogP contribution in [0.5, 0.6) is 0 Å². The van der Waals surface area contributed by atoms with Gasteiger partial charge in [-0.25, -0.2) is 0 Å². The van der Waals surface area contributed by atoms with Crippen LogP contribution in [0.25, 0.3) is 6.08 Å². The van der Waals surface area contributed by atoms with Crippen molar-refractivity contribution in [3.05, 3.63) is 29.7 Å². The van der Waals surface area contributed by atoms with Crippen LogP contribution in [0.3, 0.4) is 0 Å². The summed E-state index contributed by atoms with van der Waals surface area (Å²) in [6.45, 7) is 0.999. The van der Waals surface area contributed by atoms with Gasteiger partial charge >= 0.3 is 5.97 Å². The Morgan fingerprint density at radius 1 is 1.50 bits per heavy atom. The van der Waals surface area contributed by atoms with E-state index in [4.69, 9.17) is 9.15 Å². The fourth-order valence-electron chi connectivity index (χ4n) is 4.45. The number of furan rings is 1. The third kappa shape index (κ3) is 1.67. The largest absolute Gasteiger partial charge is 0.472 e. The number of hydrogen-bond acceptors (Lipinski definition) is 4. The first-order chi connectivity index (χ1) is 9.78. The number of fused-ring (bicyclic) bond motifs is 1. The number of ether oxygens (including phenoxy) is 1. The molecule has 4 aliphatic rings. The fraction of sp³-hybridized carbons (Fsp3) is 0.562. The number of hydrogen-bond donors (Lipinski definition) is 0. The molecule has 1 aromatic rings. The second-order valence-corrected chi connectivity index (χ2v) is 6.14. The number of rotatable bonds is 2. The first-order valence-corrected chi connectivity index (χ1v) is 7.34. The van der Waals surface area contributed by atoms with E-state index in [0.29, 0.717) is 18.0 Å². The molecule has 0 aliphatic carbocycles. The van der Waals surface area contributed by atoms with E-state index in [0.717, 1.165) is 24.9 Å². The van der Waals surface area contributed by atoms with Crippen molar-refractivity contribution in [1.29, 1.82) is 0 Å². The van der Waals surface area contributed by atoms with Gasteiger partial charge in [0.2, 0.25) is 0 Å². The van der Waals surface area contributed by atoms with Crippen LogP contribution >= 0.6 is 0 Å². The van der Waals surface area contributed by atoms with Crippen LogP contribution in [-0.2, 0) is 9.53 Å². The quantitative estimate of drug-likeness (QED) is 0.776. The molecule has 5 rings (SSSR count). The number of methoxy groups -OCH3 is 1. The molecule has 0 saturated carbocycles. The van der Waals surface area contributed by atoms with Crippen molar-refractivity contribution in [3.8, 4) is 0 Å². The summed E-state index contributed by atoms with van der Waals surface area (Å²) >= 11 is 0. The highest BCUT2D eigenvalue weighted by Gasteiger charge is 2.55. The topological polar surface area (TPSA) is 42.7 Å². The van der Waals surface area contributed by atoms with E-state index in [1.54, 1.807) is 12.5 Å². The van der Waals surface area contributed by atoms with E-state index < -0.39 is 0 Å². The molecule has 0 aromatic carbocycles. The van der Waals surface area contributed by atoms with Gasteiger partial charge in [-0.2, -0.15) is 0 Å². The molecule has 106 valence electrons. The lowest BCUT2D eigenvalue weighted by atomic mass is 9.71. The van der Waals surface area contributed by atoms with E-state index in [9.17, 15) is 4.79 Å². The molecule has 0 N–H and O–H groups in total. The number of carbonyl (C=O) groups excluding carboxylic acids is 1.